The summed E-state index contributed by atoms with van der Waals surface area (Å²) in [4.78, 5) is 38.6. The molecule has 2 fully saturated rings. The Balaban J connectivity index is 1.28. The van der Waals surface area contributed by atoms with Crippen LogP contribution in [0.4, 0.5) is 5.82 Å². The van der Waals surface area contributed by atoms with Crippen molar-refractivity contribution in [3.8, 4) is 0 Å². The van der Waals surface area contributed by atoms with Gasteiger partial charge in [-0.3, -0.25) is 13.9 Å². The molecule has 0 saturated carbocycles. The van der Waals surface area contributed by atoms with Gasteiger partial charge < -0.3 is 33.3 Å². The lowest BCUT2D eigenvalue weighted by Crippen LogP contribution is -2.32. The highest BCUT2D eigenvalue weighted by atomic mass is 31.2. The van der Waals surface area contributed by atoms with Crippen LogP contribution >= 0.6 is 7.60 Å². The van der Waals surface area contributed by atoms with Crippen LogP contribution < -0.4 is 5.32 Å². The average Bonchev–Trinajstić information content (AvgIpc) is 3.76. The number of nitrogens with zero attached hydrogens (tertiary/aromatic N) is 4. The summed E-state index contributed by atoms with van der Waals surface area (Å²) in [6, 6.07) is 15.9. The van der Waals surface area contributed by atoms with E-state index < -0.39 is 44.1 Å². The van der Waals surface area contributed by atoms with E-state index in [0.717, 1.165) is 0 Å². The fraction of sp³-hybridized carbons (Fsp3) is 0.345. The lowest BCUT2D eigenvalue weighted by Gasteiger charge is -2.25. The topological polar surface area (TPSA) is 162 Å². The summed E-state index contributed by atoms with van der Waals surface area (Å²) in [5, 5.41) is 2.77. The summed E-state index contributed by atoms with van der Waals surface area (Å²) in [5.74, 6) is -0.710. The highest BCUT2D eigenvalue weighted by molar-refractivity contribution is 7.54. The third-order valence-corrected chi connectivity index (χ3v) is 8.99. The standard InChI is InChI=1S/C29H30N5O9P/c1-3-39-44(37,40-4-2)29-42-22-20(15-38-28(36)19-13-9-6-10-14-19)41-27(23(22)43-29)34-17-32-21-24(30-16-31-25(21)34)33-26(35)18-11-7-5-8-12-18/h5-14,16-17,20,22-23,27,29H,3-4,15H2,1-2H3,(H,30,31,33,35)/t20-,22-,23-,27-,29+/m1/s1. The lowest BCUT2D eigenvalue weighted by molar-refractivity contribution is -0.130. The Labute approximate surface area is 252 Å². The quantitative estimate of drug-likeness (QED) is 0.188. The molecule has 44 heavy (non-hydrogen) atoms. The maximum absolute atomic E-state index is 13.6. The van der Waals surface area contributed by atoms with E-state index >= 15 is 0 Å². The number of carbonyl (C=O) groups is 2. The first kappa shape index (κ1) is 30.0. The molecule has 0 spiro atoms. The van der Waals surface area contributed by atoms with E-state index in [0.29, 0.717) is 22.3 Å². The average molecular weight is 624 g/mol. The number of benzene rings is 2. The van der Waals surface area contributed by atoms with Crippen LogP contribution in [0.1, 0.15) is 40.8 Å². The van der Waals surface area contributed by atoms with Crippen LogP contribution in [0.25, 0.3) is 11.2 Å². The van der Waals surface area contributed by atoms with Crippen LogP contribution in [0.15, 0.2) is 73.3 Å². The first-order valence-corrected chi connectivity index (χ1v) is 15.6. The number of ether oxygens (including phenoxy) is 4. The van der Waals surface area contributed by atoms with Gasteiger partial charge in [0, 0.05) is 5.56 Å². The number of rotatable bonds is 11. The van der Waals surface area contributed by atoms with Gasteiger partial charge >= 0.3 is 13.6 Å². The number of nitrogens with one attached hydrogen (secondary N) is 1. The van der Waals surface area contributed by atoms with Gasteiger partial charge in [0.1, 0.15) is 31.2 Å². The lowest BCUT2D eigenvalue weighted by atomic mass is 10.1. The predicted molar refractivity (Wildman–Crippen MR) is 155 cm³/mol. The molecule has 0 unspecified atom stereocenters. The van der Waals surface area contributed by atoms with Crippen LogP contribution in [0.2, 0.25) is 0 Å². The largest absolute Gasteiger partial charge is 0.459 e. The van der Waals surface area contributed by atoms with Crippen LogP contribution in [-0.2, 0) is 32.6 Å². The minimum atomic E-state index is -3.84. The molecule has 15 heteroatoms. The number of esters is 1. The third-order valence-electron chi connectivity index (χ3n) is 7.00. The number of hydrogen-bond acceptors (Lipinski definition) is 12. The molecule has 230 valence electrons. The molecule has 0 aliphatic carbocycles. The van der Waals surface area contributed by atoms with Crippen molar-refractivity contribution >= 4 is 36.5 Å². The minimum Gasteiger partial charge on any atom is -0.459 e. The Kier molecular flexibility index (Phi) is 8.80. The number of amides is 1. The number of hydrogen-bond donors (Lipinski definition) is 1. The maximum atomic E-state index is 13.6. The molecule has 5 atom stereocenters. The van der Waals surface area contributed by atoms with Crippen molar-refractivity contribution in [2.75, 3.05) is 25.1 Å². The van der Waals surface area contributed by atoms with E-state index in [1.54, 1.807) is 73.0 Å². The van der Waals surface area contributed by atoms with Gasteiger partial charge in [-0.2, -0.15) is 0 Å². The number of anilines is 1. The summed E-state index contributed by atoms with van der Waals surface area (Å²) in [5.41, 5.74) is 1.46. The van der Waals surface area contributed by atoms with E-state index in [-0.39, 0.29) is 31.5 Å². The van der Waals surface area contributed by atoms with Crippen LogP contribution in [0, 0.1) is 0 Å². The maximum Gasteiger partial charge on any atom is 0.386 e. The molecule has 14 nitrogen and oxygen atoms in total. The fourth-order valence-corrected chi connectivity index (χ4v) is 6.68. The van der Waals surface area contributed by atoms with Gasteiger partial charge in [0.25, 0.3) is 11.9 Å². The number of fused-ring (bicyclic) bond motifs is 2. The summed E-state index contributed by atoms with van der Waals surface area (Å²) < 4.78 is 50.3. The molecule has 4 aromatic rings. The smallest absolute Gasteiger partial charge is 0.386 e. The Bertz CT molecular complexity index is 1660. The fourth-order valence-electron chi connectivity index (χ4n) is 5.06. The zero-order chi connectivity index (χ0) is 30.7. The van der Waals surface area contributed by atoms with Gasteiger partial charge in [-0.05, 0) is 38.1 Å². The Morgan fingerprint density at radius 2 is 1.55 bits per heavy atom. The molecule has 0 radical (unpaired) electrons. The second-order valence-electron chi connectivity index (χ2n) is 9.78. The molecule has 1 amide bonds. The molecule has 2 aliphatic rings. The number of aromatic nitrogens is 4. The second-order valence-corrected chi connectivity index (χ2v) is 11.8. The summed E-state index contributed by atoms with van der Waals surface area (Å²) >= 11 is 0. The van der Waals surface area contributed by atoms with Gasteiger partial charge in [-0.1, -0.05) is 36.4 Å². The van der Waals surface area contributed by atoms with Crippen molar-refractivity contribution in [3.63, 3.8) is 0 Å². The van der Waals surface area contributed by atoms with Crippen molar-refractivity contribution in [1.82, 2.24) is 19.5 Å². The van der Waals surface area contributed by atoms with E-state index in [9.17, 15) is 14.2 Å². The molecule has 6 rings (SSSR count). The van der Waals surface area contributed by atoms with Crippen molar-refractivity contribution < 1.29 is 42.1 Å². The highest BCUT2D eigenvalue weighted by Gasteiger charge is 2.59. The first-order valence-electron chi connectivity index (χ1n) is 14.0. The Hall–Kier alpha value is -4.04. The van der Waals surface area contributed by atoms with E-state index in [2.05, 4.69) is 20.3 Å². The summed E-state index contributed by atoms with van der Waals surface area (Å²) in [7, 11) is -3.84. The Morgan fingerprint density at radius 1 is 0.886 bits per heavy atom. The predicted octanol–water partition coefficient (Wildman–Crippen LogP) is 4.17. The van der Waals surface area contributed by atoms with Crippen molar-refractivity contribution in [2.45, 2.75) is 44.4 Å². The normalized spacial score (nSPS) is 23.0. The third kappa shape index (κ3) is 5.87. The first-order chi connectivity index (χ1) is 21.4. The highest BCUT2D eigenvalue weighted by Crippen LogP contribution is 2.58. The molecular formula is C29H30N5O9P. The minimum absolute atomic E-state index is 0.106. The second kappa shape index (κ2) is 12.9. The molecule has 1 N–H and O–H groups in total. The summed E-state index contributed by atoms with van der Waals surface area (Å²) in [6.45, 7) is 3.40. The van der Waals surface area contributed by atoms with Crippen molar-refractivity contribution in [1.29, 1.82) is 0 Å². The van der Waals surface area contributed by atoms with E-state index in [4.69, 9.17) is 28.0 Å². The van der Waals surface area contributed by atoms with Crippen molar-refractivity contribution in [2.24, 2.45) is 0 Å². The molecule has 2 aromatic heterocycles. The van der Waals surface area contributed by atoms with Gasteiger partial charge in [0.05, 0.1) is 25.1 Å². The molecular weight excluding hydrogens is 593 g/mol. The number of carbonyl (C=O) groups excluding carboxylic acids is 2. The van der Waals surface area contributed by atoms with Crippen LogP contribution in [0.3, 0.4) is 0 Å². The zero-order valence-electron chi connectivity index (χ0n) is 23.8. The van der Waals surface area contributed by atoms with Crippen LogP contribution in [-0.4, -0.2) is 75.6 Å². The molecule has 2 aromatic carbocycles. The molecule has 2 saturated heterocycles. The van der Waals surface area contributed by atoms with E-state index in [1.807, 2.05) is 6.07 Å². The monoisotopic (exact) mass is 623 g/mol. The number of imidazole rings is 1. The zero-order valence-corrected chi connectivity index (χ0v) is 24.7. The van der Waals surface area contributed by atoms with Crippen LogP contribution in [0.5, 0.6) is 0 Å². The molecule has 0 bridgehead atoms. The van der Waals surface area contributed by atoms with E-state index in [1.165, 1.54) is 12.7 Å². The summed E-state index contributed by atoms with van der Waals surface area (Å²) in [6.07, 6.45) is -0.627. The molecule has 2 aliphatic heterocycles. The molecule has 4 heterocycles. The Morgan fingerprint density at radius 3 is 2.23 bits per heavy atom. The van der Waals surface area contributed by atoms with Crippen molar-refractivity contribution in [3.05, 3.63) is 84.4 Å². The SMILES string of the molecule is CCOP(=O)(OCC)[C@@H]1O[C@@H]2[C@H](O1)[C@@H](COC(=O)c1ccccc1)O[C@H]2n1cnc2c(NC(=O)c3ccccc3)ncnc21. The van der Waals surface area contributed by atoms with Gasteiger partial charge in [0.2, 0.25) is 0 Å². The van der Waals surface area contributed by atoms with Gasteiger partial charge in [-0.15, -0.1) is 0 Å². The van der Waals surface area contributed by atoms with Gasteiger partial charge in [-0.25, -0.2) is 19.7 Å². The van der Waals surface area contributed by atoms with Gasteiger partial charge in [0.15, 0.2) is 23.2 Å².